The van der Waals surface area contributed by atoms with E-state index in [-0.39, 0.29) is 17.9 Å². The molecule has 6 nitrogen and oxygen atoms in total. The lowest BCUT2D eigenvalue weighted by Gasteiger charge is -2.40. The molecule has 0 saturated heterocycles. The first-order chi connectivity index (χ1) is 17.1. The van der Waals surface area contributed by atoms with Gasteiger partial charge in [-0.2, -0.15) is 0 Å². The van der Waals surface area contributed by atoms with Gasteiger partial charge in [-0.1, -0.05) is 17.2 Å². The Morgan fingerprint density at radius 2 is 1.75 bits per heavy atom. The number of anilines is 1. The number of nitrogens with one attached hydrogen (secondary N) is 1. The van der Waals surface area contributed by atoms with E-state index in [2.05, 4.69) is 47.6 Å². The maximum absolute atomic E-state index is 13.3. The fourth-order valence-corrected chi connectivity index (χ4v) is 6.11. The number of halogens is 1. The molecule has 7 heteroatoms. The summed E-state index contributed by atoms with van der Waals surface area (Å²) >= 11 is 6.54. The summed E-state index contributed by atoms with van der Waals surface area (Å²) in [6.45, 7) is 10.0. The molecular weight excluding hydrogens is 472 g/mol. The number of benzene rings is 1. The number of fused-ring (bicyclic) bond motifs is 1. The van der Waals surface area contributed by atoms with Crippen molar-refractivity contribution in [3.8, 4) is 0 Å². The number of pyridine rings is 1. The van der Waals surface area contributed by atoms with Crippen LogP contribution >= 0.6 is 11.6 Å². The van der Waals surface area contributed by atoms with Crippen LogP contribution in [0.25, 0.3) is 6.08 Å². The molecule has 0 radical (unpaired) electrons. The molecule has 0 bridgehead atoms. The van der Waals surface area contributed by atoms with Gasteiger partial charge in [0.2, 0.25) is 0 Å². The highest BCUT2D eigenvalue weighted by molar-refractivity contribution is 6.31. The minimum absolute atomic E-state index is 0.0426. The molecule has 1 saturated carbocycles. The number of amides is 1. The third kappa shape index (κ3) is 5.25. The third-order valence-corrected chi connectivity index (χ3v) is 8.25. The summed E-state index contributed by atoms with van der Waals surface area (Å²) in [5.41, 5.74) is 6.15. The summed E-state index contributed by atoms with van der Waals surface area (Å²) < 4.78 is 2.13. The molecule has 1 aromatic heterocycles. The van der Waals surface area contributed by atoms with Crippen LogP contribution < -0.4 is 15.6 Å². The Bertz CT molecular complexity index is 1240. The first-order valence-electron chi connectivity index (χ1n) is 13.0. The molecule has 2 heterocycles. The second-order valence-electron chi connectivity index (χ2n) is 10.6. The van der Waals surface area contributed by atoms with E-state index in [1.165, 1.54) is 18.4 Å². The van der Waals surface area contributed by atoms with Gasteiger partial charge in [0.15, 0.2) is 5.43 Å². The Hall–Kier alpha value is -2.57. The molecule has 0 spiro atoms. The van der Waals surface area contributed by atoms with E-state index in [9.17, 15) is 9.59 Å². The molecule has 194 valence electrons. The van der Waals surface area contributed by atoms with Gasteiger partial charge in [-0.3, -0.25) is 9.59 Å². The van der Waals surface area contributed by atoms with E-state index in [1.807, 2.05) is 26.0 Å². The molecule has 1 N–H and O–H groups in total. The van der Waals surface area contributed by atoms with Crippen molar-refractivity contribution in [2.45, 2.75) is 78.6 Å². The van der Waals surface area contributed by atoms with Gasteiger partial charge in [-0.05, 0) is 91.2 Å². The lowest BCUT2D eigenvalue weighted by atomic mass is 9.89. The maximum atomic E-state index is 13.3. The van der Waals surface area contributed by atoms with Crippen LogP contribution in [0.5, 0.6) is 0 Å². The number of aromatic nitrogens is 1. The SMILES string of the molecule is CCN(c1cc(Cl)cc(C(=O)NCc2c(C)n3c(cc2=O)C=C(C)C3)c1C)C1CCC(N(C)C)CC1. The van der Waals surface area contributed by atoms with E-state index in [0.29, 0.717) is 28.2 Å². The van der Waals surface area contributed by atoms with Crippen LogP contribution in [0.4, 0.5) is 5.69 Å². The minimum Gasteiger partial charge on any atom is -0.369 e. The van der Waals surface area contributed by atoms with Crippen LogP contribution in [-0.2, 0) is 13.1 Å². The van der Waals surface area contributed by atoms with Crippen molar-refractivity contribution in [2.24, 2.45) is 0 Å². The van der Waals surface area contributed by atoms with E-state index >= 15 is 0 Å². The zero-order chi connectivity index (χ0) is 26.1. The number of hydrogen-bond donors (Lipinski definition) is 1. The van der Waals surface area contributed by atoms with Crippen LogP contribution in [0, 0.1) is 13.8 Å². The first kappa shape index (κ1) is 26.5. The van der Waals surface area contributed by atoms with Crippen LogP contribution in [-0.4, -0.2) is 48.1 Å². The van der Waals surface area contributed by atoms with Crippen molar-refractivity contribution in [1.82, 2.24) is 14.8 Å². The van der Waals surface area contributed by atoms with E-state index in [4.69, 9.17) is 11.6 Å². The zero-order valence-corrected chi connectivity index (χ0v) is 23.2. The monoisotopic (exact) mass is 510 g/mol. The number of carbonyl (C=O) groups is 1. The minimum atomic E-state index is -0.206. The van der Waals surface area contributed by atoms with Gasteiger partial charge in [0, 0.05) is 71.0 Å². The summed E-state index contributed by atoms with van der Waals surface area (Å²) in [5, 5.41) is 3.55. The van der Waals surface area contributed by atoms with Crippen LogP contribution in [0.3, 0.4) is 0 Å². The average Bonchev–Trinajstić information content (AvgIpc) is 3.21. The normalized spacial score (nSPS) is 19.3. The Kier molecular flexibility index (Phi) is 7.96. The highest BCUT2D eigenvalue weighted by Crippen LogP contribution is 2.34. The average molecular weight is 511 g/mol. The topological polar surface area (TPSA) is 57.6 Å². The van der Waals surface area contributed by atoms with Crippen molar-refractivity contribution < 1.29 is 4.79 Å². The van der Waals surface area contributed by atoms with Gasteiger partial charge in [-0.25, -0.2) is 0 Å². The van der Waals surface area contributed by atoms with Crippen LogP contribution in [0.1, 0.15) is 72.4 Å². The van der Waals surface area contributed by atoms with Crippen molar-refractivity contribution >= 4 is 29.3 Å². The van der Waals surface area contributed by atoms with Gasteiger partial charge < -0.3 is 19.7 Å². The van der Waals surface area contributed by atoms with Gasteiger partial charge in [0.05, 0.1) is 0 Å². The fourth-order valence-electron chi connectivity index (χ4n) is 5.90. The number of hydrogen-bond acceptors (Lipinski definition) is 4. The Morgan fingerprint density at radius 3 is 2.39 bits per heavy atom. The molecule has 1 aromatic carbocycles. The Balaban J connectivity index is 1.54. The van der Waals surface area contributed by atoms with Crippen LogP contribution in [0.2, 0.25) is 5.02 Å². The van der Waals surface area contributed by atoms with E-state index in [1.54, 1.807) is 12.1 Å². The summed E-state index contributed by atoms with van der Waals surface area (Å²) in [6.07, 6.45) is 6.64. The predicted octanol–water partition coefficient (Wildman–Crippen LogP) is 5.16. The van der Waals surface area contributed by atoms with Crippen molar-refractivity contribution in [3.05, 3.63) is 67.1 Å². The van der Waals surface area contributed by atoms with E-state index < -0.39 is 0 Å². The summed E-state index contributed by atoms with van der Waals surface area (Å²) in [7, 11) is 4.32. The number of nitrogens with zero attached hydrogens (tertiary/aromatic N) is 3. The maximum Gasteiger partial charge on any atom is 0.251 e. The third-order valence-electron chi connectivity index (χ3n) is 8.03. The molecule has 4 rings (SSSR count). The quantitative estimate of drug-likeness (QED) is 0.558. The molecule has 0 unspecified atom stereocenters. The highest BCUT2D eigenvalue weighted by Gasteiger charge is 2.28. The molecule has 1 aliphatic heterocycles. The predicted molar refractivity (Wildman–Crippen MR) is 149 cm³/mol. The molecule has 2 aliphatic rings. The number of allylic oxidation sites excluding steroid dienone is 1. The standard InChI is InChI=1S/C29H39ClN4O2/c1-7-33(23-10-8-22(9-11-23)32(5)6)27-14-21(30)13-25(19(27)3)29(36)31-16-26-20(4)34-17-18(2)12-24(34)15-28(26)35/h12-15,22-23H,7-11,16-17H2,1-6H3,(H,31,36). The lowest BCUT2D eigenvalue weighted by Crippen LogP contribution is -2.42. The summed E-state index contributed by atoms with van der Waals surface area (Å²) in [5.74, 6) is -0.206. The van der Waals surface area contributed by atoms with E-state index in [0.717, 1.165) is 48.6 Å². The van der Waals surface area contributed by atoms with Gasteiger partial charge >= 0.3 is 0 Å². The molecule has 0 atom stereocenters. The van der Waals surface area contributed by atoms with Gasteiger partial charge in [0.25, 0.3) is 5.91 Å². The highest BCUT2D eigenvalue weighted by atomic mass is 35.5. The smallest absolute Gasteiger partial charge is 0.251 e. The molecule has 1 aliphatic carbocycles. The summed E-state index contributed by atoms with van der Waals surface area (Å²) in [4.78, 5) is 30.9. The number of carbonyl (C=O) groups excluding carboxylic acids is 1. The molecular formula is C29H39ClN4O2. The second kappa shape index (κ2) is 10.8. The zero-order valence-electron chi connectivity index (χ0n) is 22.4. The Morgan fingerprint density at radius 1 is 1.08 bits per heavy atom. The molecule has 1 fully saturated rings. The van der Waals surface area contributed by atoms with Crippen molar-refractivity contribution in [1.29, 1.82) is 0 Å². The second-order valence-corrected chi connectivity index (χ2v) is 11.0. The molecule has 36 heavy (non-hydrogen) atoms. The van der Waals surface area contributed by atoms with Crippen molar-refractivity contribution in [2.75, 3.05) is 25.5 Å². The molecule has 1 amide bonds. The largest absolute Gasteiger partial charge is 0.369 e. The van der Waals surface area contributed by atoms with Crippen molar-refractivity contribution in [3.63, 3.8) is 0 Å². The van der Waals surface area contributed by atoms with Gasteiger partial charge in [0.1, 0.15) is 0 Å². The first-order valence-corrected chi connectivity index (χ1v) is 13.4. The lowest BCUT2D eigenvalue weighted by molar-refractivity contribution is 0.0950. The van der Waals surface area contributed by atoms with Crippen LogP contribution in [0.15, 0.2) is 28.6 Å². The molecule has 2 aromatic rings. The Labute approximate surface area is 219 Å². The number of rotatable bonds is 7. The van der Waals surface area contributed by atoms with Gasteiger partial charge in [-0.15, -0.1) is 0 Å². The fraction of sp³-hybridized carbons (Fsp3) is 0.517. The summed E-state index contributed by atoms with van der Waals surface area (Å²) in [6, 6.07) is 6.46.